The van der Waals surface area contributed by atoms with E-state index in [4.69, 9.17) is 0 Å². The minimum atomic E-state index is -0.809. The molecule has 1 saturated heterocycles. The Kier molecular flexibility index (Phi) is 5.08. The van der Waals surface area contributed by atoms with Gasteiger partial charge in [0.05, 0.1) is 11.1 Å². The van der Waals surface area contributed by atoms with Gasteiger partial charge in [0.15, 0.2) is 0 Å². The lowest BCUT2D eigenvalue weighted by atomic mass is 9.78. The fraction of sp³-hybridized carbons (Fsp3) is 0.467. The Morgan fingerprint density at radius 2 is 2.14 bits per heavy atom. The first-order valence-electron chi connectivity index (χ1n) is 7.02. The zero-order chi connectivity index (χ0) is 15.5. The van der Waals surface area contributed by atoms with Gasteiger partial charge in [-0.05, 0) is 54.0 Å². The molecule has 1 fully saturated rings. The predicted octanol–water partition coefficient (Wildman–Crippen LogP) is 3.40. The van der Waals surface area contributed by atoms with E-state index in [2.05, 4.69) is 27.9 Å². The third kappa shape index (κ3) is 3.48. The Balaban J connectivity index is 2.09. The van der Waals surface area contributed by atoms with Crippen molar-refractivity contribution in [1.82, 2.24) is 4.90 Å². The highest BCUT2D eigenvalue weighted by Crippen LogP contribution is 2.34. The topological polar surface area (TPSA) is 69.6 Å². The summed E-state index contributed by atoms with van der Waals surface area (Å²) in [6, 6.07) is 7.30. The van der Waals surface area contributed by atoms with E-state index >= 15 is 0 Å². The van der Waals surface area contributed by atoms with E-state index in [1.54, 1.807) is 4.90 Å². The van der Waals surface area contributed by atoms with E-state index in [9.17, 15) is 14.7 Å². The second-order valence-corrected chi connectivity index (χ2v) is 6.54. The summed E-state index contributed by atoms with van der Waals surface area (Å²) in [5.74, 6) is -0.809. The van der Waals surface area contributed by atoms with Crippen molar-refractivity contribution >= 4 is 40.3 Å². The van der Waals surface area contributed by atoms with Crippen LogP contribution in [0.3, 0.4) is 0 Å². The molecule has 0 saturated carbocycles. The lowest BCUT2D eigenvalue weighted by Gasteiger charge is -2.39. The lowest BCUT2D eigenvalue weighted by molar-refractivity contribution is -0.152. The van der Waals surface area contributed by atoms with Crippen molar-refractivity contribution in [3.05, 3.63) is 27.8 Å². The van der Waals surface area contributed by atoms with Gasteiger partial charge in [-0.3, -0.25) is 4.79 Å². The van der Waals surface area contributed by atoms with Crippen molar-refractivity contribution in [2.75, 3.05) is 18.4 Å². The van der Waals surface area contributed by atoms with Crippen molar-refractivity contribution in [3.63, 3.8) is 0 Å². The maximum absolute atomic E-state index is 12.4. The number of amides is 2. The zero-order valence-corrected chi connectivity index (χ0v) is 14.1. The van der Waals surface area contributed by atoms with Gasteiger partial charge in [0, 0.05) is 16.7 Å². The molecule has 0 radical (unpaired) electrons. The number of carboxylic acids is 1. The molecular formula is C15H19IN2O3. The number of rotatable bonds is 3. The summed E-state index contributed by atoms with van der Waals surface area (Å²) in [7, 11) is 0. The Morgan fingerprint density at radius 3 is 2.76 bits per heavy atom. The molecule has 1 aliphatic rings. The minimum Gasteiger partial charge on any atom is -0.481 e. The Bertz CT molecular complexity index is 549. The van der Waals surface area contributed by atoms with Gasteiger partial charge in [-0.15, -0.1) is 0 Å². The van der Waals surface area contributed by atoms with Crippen LogP contribution in [0.5, 0.6) is 0 Å². The molecule has 1 atom stereocenters. The molecule has 114 valence electrons. The number of nitrogens with zero attached hydrogens (tertiary/aromatic N) is 1. The van der Waals surface area contributed by atoms with Crippen LogP contribution in [0.15, 0.2) is 24.3 Å². The molecule has 5 nitrogen and oxygen atoms in total. The van der Waals surface area contributed by atoms with Crippen molar-refractivity contribution in [2.24, 2.45) is 5.41 Å². The maximum atomic E-state index is 12.4. The standard InChI is InChI=1S/C15H19IN2O3/c1-2-15(13(19)20)8-5-9-18(10-15)14(21)17-12-7-4-3-6-11(12)16/h3-4,6-7H,2,5,8-10H2,1H3,(H,17,21)(H,19,20). The first-order chi connectivity index (χ1) is 9.98. The van der Waals surface area contributed by atoms with Crippen molar-refractivity contribution in [2.45, 2.75) is 26.2 Å². The first kappa shape index (κ1) is 16.1. The van der Waals surface area contributed by atoms with Crippen LogP contribution in [-0.4, -0.2) is 35.1 Å². The highest BCUT2D eigenvalue weighted by molar-refractivity contribution is 14.1. The number of urea groups is 1. The smallest absolute Gasteiger partial charge is 0.321 e. The summed E-state index contributed by atoms with van der Waals surface area (Å²) in [6.07, 6.45) is 1.89. The number of nitrogens with one attached hydrogen (secondary N) is 1. The highest BCUT2D eigenvalue weighted by Gasteiger charge is 2.42. The molecule has 2 rings (SSSR count). The summed E-state index contributed by atoms with van der Waals surface area (Å²) < 4.78 is 0.959. The molecule has 1 aromatic carbocycles. The summed E-state index contributed by atoms with van der Waals surface area (Å²) in [4.78, 5) is 25.5. The third-order valence-corrected chi connectivity index (χ3v) is 5.05. The van der Waals surface area contributed by atoms with Gasteiger partial charge < -0.3 is 15.3 Å². The molecule has 1 heterocycles. The Labute approximate surface area is 137 Å². The lowest BCUT2D eigenvalue weighted by Crippen LogP contribution is -2.50. The van der Waals surface area contributed by atoms with Gasteiger partial charge in [-0.25, -0.2) is 4.79 Å². The first-order valence-corrected chi connectivity index (χ1v) is 8.10. The molecule has 0 bridgehead atoms. The van der Waals surface area contributed by atoms with Gasteiger partial charge in [-0.2, -0.15) is 0 Å². The number of benzene rings is 1. The Morgan fingerprint density at radius 1 is 1.43 bits per heavy atom. The van der Waals surface area contributed by atoms with Crippen LogP contribution in [0.4, 0.5) is 10.5 Å². The van der Waals surface area contributed by atoms with Gasteiger partial charge >= 0.3 is 12.0 Å². The van der Waals surface area contributed by atoms with E-state index in [-0.39, 0.29) is 12.6 Å². The van der Waals surface area contributed by atoms with Crippen molar-refractivity contribution in [1.29, 1.82) is 0 Å². The number of aliphatic carboxylic acids is 1. The zero-order valence-electron chi connectivity index (χ0n) is 11.9. The third-order valence-electron chi connectivity index (χ3n) is 4.11. The van der Waals surface area contributed by atoms with Gasteiger partial charge in [0.1, 0.15) is 0 Å². The maximum Gasteiger partial charge on any atom is 0.321 e. The molecule has 6 heteroatoms. The second kappa shape index (κ2) is 6.64. The molecule has 21 heavy (non-hydrogen) atoms. The number of anilines is 1. The Hall–Kier alpha value is -1.31. The quantitative estimate of drug-likeness (QED) is 0.762. The minimum absolute atomic E-state index is 0.224. The van der Waals surface area contributed by atoms with Gasteiger partial charge in [0.2, 0.25) is 0 Å². The van der Waals surface area contributed by atoms with Crippen molar-refractivity contribution in [3.8, 4) is 0 Å². The van der Waals surface area contributed by atoms with E-state index in [0.717, 1.165) is 15.7 Å². The molecule has 1 unspecified atom stereocenters. The molecule has 2 N–H and O–H groups in total. The highest BCUT2D eigenvalue weighted by atomic mass is 127. The SMILES string of the molecule is CCC1(C(=O)O)CCCN(C(=O)Nc2ccccc2I)C1. The van der Waals surface area contributed by atoms with Crippen LogP contribution >= 0.6 is 22.6 Å². The number of hydrogen-bond donors (Lipinski definition) is 2. The van der Waals surface area contributed by atoms with Crippen molar-refractivity contribution < 1.29 is 14.7 Å². The molecule has 1 aromatic rings. The second-order valence-electron chi connectivity index (χ2n) is 5.37. The van der Waals surface area contributed by atoms with Gasteiger partial charge in [0.25, 0.3) is 0 Å². The number of likely N-dealkylation sites (tertiary alicyclic amines) is 1. The van der Waals surface area contributed by atoms with E-state index in [0.29, 0.717) is 19.4 Å². The summed E-state index contributed by atoms with van der Waals surface area (Å²) >= 11 is 2.16. The van der Waals surface area contributed by atoms with Crippen LogP contribution in [0.25, 0.3) is 0 Å². The molecule has 2 amide bonds. The van der Waals surface area contributed by atoms with Gasteiger partial charge in [-0.1, -0.05) is 19.1 Å². The monoisotopic (exact) mass is 402 g/mol. The summed E-state index contributed by atoms with van der Waals surface area (Å²) in [5.41, 5.74) is -0.0505. The number of carbonyl (C=O) groups excluding carboxylic acids is 1. The number of halogens is 1. The number of piperidine rings is 1. The largest absolute Gasteiger partial charge is 0.481 e. The van der Waals surface area contributed by atoms with Crippen LogP contribution in [0, 0.1) is 8.99 Å². The number of carboxylic acid groups (broad SMARTS) is 1. The fourth-order valence-corrected chi connectivity index (χ4v) is 3.20. The molecular weight excluding hydrogens is 383 g/mol. The fourth-order valence-electron chi connectivity index (χ4n) is 2.68. The average Bonchev–Trinajstić information content (AvgIpc) is 2.49. The number of hydrogen-bond acceptors (Lipinski definition) is 2. The molecule has 1 aliphatic heterocycles. The van der Waals surface area contributed by atoms with E-state index in [1.807, 2.05) is 31.2 Å². The number of carbonyl (C=O) groups is 2. The summed E-state index contributed by atoms with van der Waals surface area (Å²) in [5, 5.41) is 12.3. The van der Waals surface area contributed by atoms with Crippen LogP contribution in [0.2, 0.25) is 0 Å². The van der Waals surface area contributed by atoms with Crippen LogP contribution < -0.4 is 5.32 Å². The summed E-state index contributed by atoms with van der Waals surface area (Å²) in [6.45, 7) is 2.74. The van der Waals surface area contributed by atoms with Crippen LogP contribution in [0.1, 0.15) is 26.2 Å². The normalized spacial score (nSPS) is 21.9. The average molecular weight is 402 g/mol. The van der Waals surface area contributed by atoms with E-state index < -0.39 is 11.4 Å². The molecule has 0 aliphatic carbocycles. The predicted molar refractivity (Wildman–Crippen MR) is 89.3 cm³/mol. The molecule has 0 spiro atoms. The molecule has 0 aromatic heterocycles. The van der Waals surface area contributed by atoms with E-state index in [1.165, 1.54) is 0 Å². The van der Waals surface area contributed by atoms with Crippen LogP contribution in [-0.2, 0) is 4.79 Å². The number of para-hydroxylation sites is 1.